The minimum Gasteiger partial charge on any atom is -0.380 e. The van der Waals surface area contributed by atoms with Crippen LogP contribution in [-0.4, -0.2) is 31.3 Å². The standard InChI is InChI=1S/C15H22N2O/c1-16-14(15(18-2)11-5-6-11)12-8-7-10-4-3-9-17-13(10)12/h3-4,9,11-12,14-16H,5-8H2,1-2H3. The first-order valence-electron chi connectivity index (χ1n) is 6.99. The van der Waals surface area contributed by atoms with Crippen LogP contribution in [0.15, 0.2) is 18.3 Å². The Hall–Kier alpha value is -0.930. The van der Waals surface area contributed by atoms with Crippen molar-refractivity contribution in [1.29, 1.82) is 0 Å². The molecule has 1 fully saturated rings. The summed E-state index contributed by atoms with van der Waals surface area (Å²) in [6.45, 7) is 0. The average Bonchev–Trinajstić information content (AvgIpc) is 3.16. The number of aromatic nitrogens is 1. The van der Waals surface area contributed by atoms with Crippen LogP contribution in [0.3, 0.4) is 0 Å². The van der Waals surface area contributed by atoms with E-state index < -0.39 is 0 Å². The van der Waals surface area contributed by atoms with E-state index in [9.17, 15) is 0 Å². The maximum absolute atomic E-state index is 5.76. The van der Waals surface area contributed by atoms with Gasteiger partial charge in [0.2, 0.25) is 0 Å². The highest BCUT2D eigenvalue weighted by Crippen LogP contribution is 2.42. The summed E-state index contributed by atoms with van der Waals surface area (Å²) in [5.41, 5.74) is 2.72. The molecule has 0 spiro atoms. The van der Waals surface area contributed by atoms with E-state index in [1.807, 2.05) is 19.4 Å². The number of hydrogen-bond donors (Lipinski definition) is 1. The summed E-state index contributed by atoms with van der Waals surface area (Å²) < 4.78 is 5.76. The molecule has 18 heavy (non-hydrogen) atoms. The molecule has 3 nitrogen and oxygen atoms in total. The molecule has 3 atom stereocenters. The quantitative estimate of drug-likeness (QED) is 0.864. The molecule has 0 aliphatic heterocycles. The summed E-state index contributed by atoms with van der Waals surface area (Å²) in [7, 11) is 3.90. The molecule has 0 saturated heterocycles. The molecule has 0 bridgehead atoms. The van der Waals surface area contributed by atoms with Crippen LogP contribution in [-0.2, 0) is 11.2 Å². The molecule has 3 rings (SSSR count). The Kier molecular flexibility index (Phi) is 3.35. The van der Waals surface area contributed by atoms with Crippen molar-refractivity contribution in [3.05, 3.63) is 29.6 Å². The number of nitrogens with zero attached hydrogens (tertiary/aromatic N) is 1. The van der Waals surface area contributed by atoms with E-state index in [1.165, 1.54) is 30.5 Å². The van der Waals surface area contributed by atoms with Crippen LogP contribution in [0.4, 0.5) is 0 Å². The Morgan fingerprint density at radius 2 is 2.22 bits per heavy atom. The third-order valence-electron chi connectivity index (χ3n) is 4.48. The molecular formula is C15H22N2O. The smallest absolute Gasteiger partial charge is 0.0758 e. The van der Waals surface area contributed by atoms with Gasteiger partial charge in [-0.1, -0.05) is 6.07 Å². The normalized spacial score (nSPS) is 25.8. The van der Waals surface area contributed by atoms with Gasteiger partial charge in [0, 0.05) is 31.0 Å². The molecule has 0 amide bonds. The number of nitrogens with one attached hydrogen (secondary N) is 1. The predicted molar refractivity (Wildman–Crippen MR) is 71.7 cm³/mol. The fourth-order valence-corrected chi connectivity index (χ4v) is 3.44. The van der Waals surface area contributed by atoms with Gasteiger partial charge < -0.3 is 10.1 Å². The van der Waals surface area contributed by atoms with Gasteiger partial charge in [0.25, 0.3) is 0 Å². The maximum Gasteiger partial charge on any atom is 0.0758 e. The van der Waals surface area contributed by atoms with Crippen molar-refractivity contribution in [3.8, 4) is 0 Å². The van der Waals surface area contributed by atoms with Crippen LogP contribution in [0.25, 0.3) is 0 Å². The fourth-order valence-electron chi connectivity index (χ4n) is 3.44. The van der Waals surface area contributed by atoms with Crippen LogP contribution in [0.2, 0.25) is 0 Å². The second kappa shape index (κ2) is 4.98. The summed E-state index contributed by atoms with van der Waals surface area (Å²) in [5, 5.41) is 3.49. The lowest BCUT2D eigenvalue weighted by Crippen LogP contribution is -2.44. The molecule has 0 radical (unpaired) electrons. The minimum atomic E-state index is 0.341. The second-order valence-corrected chi connectivity index (χ2v) is 5.55. The average molecular weight is 246 g/mol. The molecule has 2 aliphatic rings. The first-order valence-corrected chi connectivity index (χ1v) is 6.99. The number of ether oxygens (including phenoxy) is 1. The monoisotopic (exact) mass is 246 g/mol. The fraction of sp³-hybridized carbons (Fsp3) is 0.667. The van der Waals surface area contributed by atoms with Gasteiger partial charge in [0.05, 0.1) is 6.10 Å². The second-order valence-electron chi connectivity index (χ2n) is 5.55. The lowest BCUT2D eigenvalue weighted by atomic mass is 9.90. The third kappa shape index (κ3) is 2.06. The number of pyridine rings is 1. The zero-order valence-electron chi connectivity index (χ0n) is 11.2. The largest absolute Gasteiger partial charge is 0.380 e. The molecule has 98 valence electrons. The van der Waals surface area contributed by atoms with E-state index in [1.54, 1.807) is 0 Å². The summed E-state index contributed by atoms with van der Waals surface area (Å²) in [4.78, 5) is 4.61. The van der Waals surface area contributed by atoms with Crippen molar-refractivity contribution in [2.45, 2.75) is 43.7 Å². The minimum absolute atomic E-state index is 0.341. The highest BCUT2D eigenvalue weighted by atomic mass is 16.5. The lowest BCUT2D eigenvalue weighted by Gasteiger charge is -2.30. The van der Waals surface area contributed by atoms with Crippen LogP contribution < -0.4 is 5.32 Å². The molecule has 3 heteroatoms. The zero-order chi connectivity index (χ0) is 12.5. The number of methoxy groups -OCH3 is 1. The number of hydrogen-bond acceptors (Lipinski definition) is 3. The van der Waals surface area contributed by atoms with Crippen molar-refractivity contribution in [3.63, 3.8) is 0 Å². The lowest BCUT2D eigenvalue weighted by molar-refractivity contribution is 0.0443. The van der Waals surface area contributed by atoms with E-state index in [-0.39, 0.29) is 0 Å². The van der Waals surface area contributed by atoms with Gasteiger partial charge in [-0.3, -0.25) is 4.98 Å². The highest BCUT2D eigenvalue weighted by Gasteiger charge is 2.42. The first-order chi connectivity index (χ1) is 8.85. The molecule has 1 aromatic heterocycles. The molecule has 1 saturated carbocycles. The molecule has 1 heterocycles. The number of fused-ring (bicyclic) bond motifs is 1. The van der Waals surface area contributed by atoms with Crippen LogP contribution >= 0.6 is 0 Å². The van der Waals surface area contributed by atoms with Crippen LogP contribution in [0, 0.1) is 5.92 Å². The van der Waals surface area contributed by atoms with Gasteiger partial charge in [-0.05, 0) is 50.3 Å². The number of rotatable bonds is 5. The molecular weight excluding hydrogens is 224 g/mol. The Bertz CT molecular complexity index is 417. The first kappa shape index (κ1) is 12.1. The van der Waals surface area contributed by atoms with Gasteiger partial charge >= 0.3 is 0 Å². The predicted octanol–water partition coefficient (Wildman–Crippen LogP) is 2.12. The van der Waals surface area contributed by atoms with Gasteiger partial charge in [-0.25, -0.2) is 0 Å². The Morgan fingerprint density at radius 1 is 1.39 bits per heavy atom. The van der Waals surface area contributed by atoms with Gasteiger partial charge in [-0.2, -0.15) is 0 Å². The number of likely N-dealkylation sites (N-methyl/N-ethyl adjacent to an activating group) is 1. The van der Waals surface area contributed by atoms with Crippen LogP contribution in [0.5, 0.6) is 0 Å². The Morgan fingerprint density at radius 3 is 2.89 bits per heavy atom. The van der Waals surface area contributed by atoms with Gasteiger partial charge in [0.1, 0.15) is 0 Å². The number of aryl methyl sites for hydroxylation is 1. The summed E-state index contributed by atoms with van der Waals surface area (Å²) >= 11 is 0. The summed E-state index contributed by atoms with van der Waals surface area (Å²) in [5.74, 6) is 1.26. The van der Waals surface area contributed by atoms with E-state index in [0.29, 0.717) is 18.1 Å². The molecule has 2 aliphatic carbocycles. The molecule has 1 aromatic rings. The van der Waals surface area contributed by atoms with Crippen molar-refractivity contribution >= 4 is 0 Å². The Labute approximate surface area is 109 Å². The van der Waals surface area contributed by atoms with Crippen molar-refractivity contribution in [2.75, 3.05) is 14.2 Å². The Balaban J connectivity index is 1.84. The summed E-state index contributed by atoms with van der Waals surface area (Å²) in [6.07, 6.45) is 7.25. The van der Waals surface area contributed by atoms with E-state index >= 15 is 0 Å². The summed E-state index contributed by atoms with van der Waals surface area (Å²) in [6, 6.07) is 4.66. The topological polar surface area (TPSA) is 34.2 Å². The van der Waals surface area contributed by atoms with Crippen molar-refractivity contribution < 1.29 is 4.74 Å². The third-order valence-corrected chi connectivity index (χ3v) is 4.48. The molecule has 0 aromatic carbocycles. The zero-order valence-corrected chi connectivity index (χ0v) is 11.2. The van der Waals surface area contributed by atoms with Crippen molar-refractivity contribution in [2.24, 2.45) is 5.92 Å². The van der Waals surface area contributed by atoms with Crippen LogP contribution in [0.1, 0.15) is 36.4 Å². The highest BCUT2D eigenvalue weighted by molar-refractivity contribution is 5.30. The van der Waals surface area contributed by atoms with Crippen molar-refractivity contribution in [1.82, 2.24) is 10.3 Å². The molecule has 3 unspecified atom stereocenters. The maximum atomic E-state index is 5.76. The van der Waals surface area contributed by atoms with E-state index in [4.69, 9.17) is 4.74 Å². The van der Waals surface area contributed by atoms with E-state index in [0.717, 1.165) is 12.3 Å². The van der Waals surface area contributed by atoms with Gasteiger partial charge in [-0.15, -0.1) is 0 Å². The SMILES string of the molecule is CNC(C1CCc2cccnc21)C(OC)C1CC1. The molecule has 1 N–H and O–H groups in total. The van der Waals surface area contributed by atoms with E-state index in [2.05, 4.69) is 23.4 Å². The van der Waals surface area contributed by atoms with Gasteiger partial charge in [0.15, 0.2) is 0 Å².